The van der Waals surface area contributed by atoms with E-state index in [1.165, 1.54) is 23.6 Å². The molecule has 86 valence electrons. The first-order chi connectivity index (χ1) is 7.74. The van der Waals surface area contributed by atoms with Crippen molar-refractivity contribution in [2.45, 2.75) is 6.92 Å². The molecule has 2 aromatic rings. The lowest BCUT2D eigenvalue weighted by Crippen LogP contribution is -1.79. The van der Waals surface area contributed by atoms with Gasteiger partial charge < -0.3 is 4.74 Å². The third-order valence-electron chi connectivity index (χ3n) is 2.09. The summed E-state index contributed by atoms with van der Waals surface area (Å²) in [7, 11) is 3.01. The van der Waals surface area contributed by atoms with Crippen LogP contribution < -0.4 is 0 Å². The van der Waals surface area contributed by atoms with E-state index in [1.54, 1.807) is 9.12 Å². The minimum Gasteiger partial charge on any atom is -0.471 e. The van der Waals surface area contributed by atoms with Gasteiger partial charge in [0.15, 0.2) is 0 Å². The summed E-state index contributed by atoms with van der Waals surface area (Å²) in [5, 5.41) is 1.35. The highest BCUT2D eigenvalue weighted by Gasteiger charge is 2.00. The number of fused-ring (bicyclic) bond motifs is 1. The van der Waals surface area contributed by atoms with Crippen molar-refractivity contribution >= 4 is 47.7 Å². The van der Waals surface area contributed by atoms with E-state index in [4.69, 9.17) is 4.79 Å². The highest BCUT2D eigenvalue weighted by molar-refractivity contribution is 14.2. The fraction of sp³-hybridized carbons (Fsp3) is 0.182. The number of aryl methyl sites for hydroxylation is 1. The van der Waals surface area contributed by atoms with E-state index in [9.17, 15) is 0 Å². The van der Waals surface area contributed by atoms with Crippen molar-refractivity contribution in [2.75, 3.05) is 7.11 Å². The summed E-state index contributed by atoms with van der Waals surface area (Å²) in [4.78, 5) is 8.95. The topological polar surface area (TPSA) is 31.2 Å². The molecule has 0 amide bonds. The molecule has 0 radical (unpaired) electrons. The van der Waals surface area contributed by atoms with Crippen LogP contribution >= 0.6 is 30.3 Å². The molecular weight excluding hydrogens is 337 g/mol. The van der Waals surface area contributed by atoms with Crippen LogP contribution in [0.5, 0.6) is 0 Å². The Hall–Kier alpha value is -0.690. The largest absolute Gasteiger partial charge is 0.471 e. The lowest BCUT2D eigenvalue weighted by molar-refractivity contribution is -0.126. The van der Waals surface area contributed by atoms with Crippen molar-refractivity contribution in [2.24, 2.45) is 0 Å². The van der Waals surface area contributed by atoms with Gasteiger partial charge in [-0.25, -0.2) is 0 Å². The van der Waals surface area contributed by atoms with Crippen LogP contribution in [0.3, 0.4) is 0 Å². The van der Waals surface area contributed by atoms with Gasteiger partial charge in [0.1, 0.15) is 0 Å². The van der Waals surface area contributed by atoms with Gasteiger partial charge in [0.25, 0.3) is 6.47 Å². The third kappa shape index (κ3) is 3.15. The number of rotatable bonds is 2. The lowest BCUT2D eigenvalue weighted by Gasteiger charge is -1.98. The third-order valence-corrected chi connectivity index (χ3v) is 3.83. The van der Waals surface area contributed by atoms with Gasteiger partial charge in [-0.05, 0) is 24.6 Å². The van der Waals surface area contributed by atoms with Gasteiger partial charge in [-0.2, -0.15) is 0 Å². The summed E-state index contributed by atoms with van der Waals surface area (Å²) in [5.41, 5.74) is 2.64. The van der Waals surface area contributed by atoms with Crippen LogP contribution in [0.2, 0.25) is 0 Å². The molecular formula is C11H12INO2S. The molecule has 0 spiro atoms. The summed E-state index contributed by atoms with van der Waals surface area (Å²) >= 11 is 2.29. The average Bonchev–Trinajstić information content (AvgIpc) is 2.74. The van der Waals surface area contributed by atoms with Crippen LogP contribution in [-0.2, 0) is 9.53 Å². The van der Waals surface area contributed by atoms with Gasteiger partial charge >= 0.3 is 0 Å². The predicted molar refractivity (Wildman–Crippen MR) is 76.8 cm³/mol. The standard InChI is InChI=1S/C9H8INS.C2H4O2/c1-7-3-2-4-9-8(7)5-6-11(9)12-10;1-4-2-3/h2-6H,1H3;2H,1H3. The van der Waals surface area contributed by atoms with Crippen LogP contribution in [-0.4, -0.2) is 17.6 Å². The molecule has 1 aromatic carbocycles. The second kappa shape index (κ2) is 6.80. The van der Waals surface area contributed by atoms with E-state index in [0.29, 0.717) is 6.47 Å². The maximum Gasteiger partial charge on any atom is 0.292 e. The molecule has 0 bridgehead atoms. The Morgan fingerprint density at radius 1 is 1.44 bits per heavy atom. The van der Waals surface area contributed by atoms with Crippen molar-refractivity contribution in [3.8, 4) is 0 Å². The minimum atomic E-state index is 0.375. The van der Waals surface area contributed by atoms with E-state index in [-0.39, 0.29) is 0 Å². The van der Waals surface area contributed by atoms with Gasteiger partial charge in [0, 0.05) is 41.9 Å². The first-order valence-corrected chi connectivity index (χ1v) is 7.88. The molecule has 2 rings (SSSR count). The minimum absolute atomic E-state index is 0.375. The predicted octanol–water partition coefficient (Wildman–Crippen LogP) is 3.59. The Morgan fingerprint density at radius 3 is 2.69 bits per heavy atom. The fourth-order valence-corrected chi connectivity index (χ4v) is 2.73. The number of methoxy groups -OCH3 is 1. The molecule has 0 aliphatic rings. The van der Waals surface area contributed by atoms with E-state index < -0.39 is 0 Å². The van der Waals surface area contributed by atoms with Crippen molar-refractivity contribution in [3.05, 3.63) is 36.0 Å². The number of hydrogen-bond donors (Lipinski definition) is 0. The fourth-order valence-electron chi connectivity index (χ4n) is 1.36. The van der Waals surface area contributed by atoms with Crippen molar-refractivity contribution in [1.29, 1.82) is 0 Å². The Bertz CT molecular complexity index is 470. The number of carbonyl (C=O) groups excluding carboxylic acids is 1. The number of ether oxygens (including phenoxy) is 1. The molecule has 1 aromatic heterocycles. The zero-order valence-electron chi connectivity index (χ0n) is 9.01. The first-order valence-electron chi connectivity index (χ1n) is 4.56. The molecule has 0 aliphatic carbocycles. The van der Waals surface area contributed by atoms with Gasteiger partial charge in [0.05, 0.1) is 12.6 Å². The van der Waals surface area contributed by atoms with Gasteiger partial charge in [-0.15, -0.1) is 0 Å². The second-order valence-electron chi connectivity index (χ2n) is 3.05. The average molecular weight is 349 g/mol. The summed E-state index contributed by atoms with van der Waals surface area (Å²) in [5.74, 6) is 0. The molecule has 0 saturated carbocycles. The second-order valence-corrected chi connectivity index (χ2v) is 4.76. The van der Waals surface area contributed by atoms with Gasteiger partial charge in [-0.1, -0.05) is 12.1 Å². The van der Waals surface area contributed by atoms with Crippen LogP contribution in [0.25, 0.3) is 10.9 Å². The zero-order chi connectivity index (χ0) is 12.0. The molecule has 5 heteroatoms. The number of hydrogen-bond acceptors (Lipinski definition) is 3. The summed E-state index contributed by atoms with van der Waals surface area (Å²) < 4.78 is 6.03. The summed E-state index contributed by atoms with van der Waals surface area (Å²) in [6, 6.07) is 8.55. The van der Waals surface area contributed by atoms with Crippen LogP contribution in [0.4, 0.5) is 0 Å². The van der Waals surface area contributed by atoms with Crippen LogP contribution in [0.1, 0.15) is 5.56 Å². The normalized spacial score (nSPS) is 9.44. The van der Waals surface area contributed by atoms with E-state index in [2.05, 4.69) is 67.3 Å². The molecule has 0 N–H and O–H groups in total. The van der Waals surface area contributed by atoms with Gasteiger partial charge in [0.2, 0.25) is 0 Å². The summed E-state index contributed by atoms with van der Waals surface area (Å²) in [6.07, 6.45) is 2.11. The van der Waals surface area contributed by atoms with Crippen molar-refractivity contribution in [3.63, 3.8) is 0 Å². The molecule has 3 nitrogen and oxygen atoms in total. The maximum absolute atomic E-state index is 8.95. The quantitative estimate of drug-likeness (QED) is 0.613. The maximum atomic E-state index is 8.95. The molecule has 1 heterocycles. The van der Waals surface area contributed by atoms with E-state index in [1.807, 2.05) is 0 Å². The Morgan fingerprint density at radius 2 is 2.12 bits per heavy atom. The molecule has 0 saturated heterocycles. The van der Waals surface area contributed by atoms with Crippen molar-refractivity contribution < 1.29 is 9.53 Å². The van der Waals surface area contributed by atoms with Gasteiger partial charge in [-0.3, -0.25) is 8.77 Å². The first kappa shape index (κ1) is 13.4. The highest BCUT2D eigenvalue weighted by atomic mass is 127. The molecule has 0 fully saturated rings. The number of benzene rings is 1. The van der Waals surface area contributed by atoms with Crippen LogP contribution in [0.15, 0.2) is 30.5 Å². The Balaban J connectivity index is 0.000000280. The number of carbonyl (C=O) groups is 1. The number of aromatic nitrogens is 1. The monoisotopic (exact) mass is 349 g/mol. The number of halogens is 1. The Kier molecular flexibility index (Phi) is 5.68. The SMILES string of the molecule is COC=O.Cc1cccc2c1ccn2SI. The van der Waals surface area contributed by atoms with E-state index >= 15 is 0 Å². The Labute approximate surface area is 111 Å². The lowest BCUT2D eigenvalue weighted by atomic mass is 10.1. The molecule has 0 unspecified atom stereocenters. The molecule has 0 atom stereocenters. The smallest absolute Gasteiger partial charge is 0.292 e. The van der Waals surface area contributed by atoms with E-state index in [0.717, 1.165) is 0 Å². The van der Waals surface area contributed by atoms with Crippen LogP contribution in [0, 0.1) is 6.92 Å². The molecule has 0 aliphatic heterocycles. The molecule has 16 heavy (non-hydrogen) atoms. The van der Waals surface area contributed by atoms with Crippen molar-refractivity contribution in [1.82, 2.24) is 3.97 Å². The highest BCUT2D eigenvalue weighted by Crippen LogP contribution is 2.26. The summed E-state index contributed by atoms with van der Waals surface area (Å²) in [6.45, 7) is 2.52. The number of nitrogens with zero attached hydrogens (tertiary/aromatic N) is 1. The zero-order valence-corrected chi connectivity index (χ0v) is 12.0.